The highest BCUT2D eigenvalue weighted by Gasteiger charge is 2.09. The van der Waals surface area contributed by atoms with Crippen molar-refractivity contribution in [2.75, 3.05) is 0 Å². The molecule has 0 atom stereocenters. The number of aromatic nitrogens is 1. The van der Waals surface area contributed by atoms with Crippen LogP contribution < -0.4 is 0 Å². The summed E-state index contributed by atoms with van der Waals surface area (Å²) in [5.41, 5.74) is 3.17. The third-order valence-electron chi connectivity index (χ3n) is 2.87. The van der Waals surface area contributed by atoms with Gasteiger partial charge < -0.3 is 0 Å². The minimum atomic E-state index is 0.706. The normalized spacial score (nSPS) is 10.8. The second-order valence-electron chi connectivity index (χ2n) is 3.99. The van der Waals surface area contributed by atoms with Gasteiger partial charge in [0.25, 0.3) is 0 Å². The van der Waals surface area contributed by atoms with Crippen molar-refractivity contribution < 1.29 is 0 Å². The molecule has 0 saturated heterocycles. The minimum Gasteiger partial charge on any atom is -0.254 e. The Bertz CT molecular complexity index is 710. The second-order valence-corrected chi connectivity index (χ2v) is 5.22. The van der Waals surface area contributed by atoms with Gasteiger partial charge in [0.2, 0.25) is 0 Å². The zero-order valence-electron chi connectivity index (χ0n) is 9.40. The lowest BCUT2D eigenvalue weighted by molar-refractivity contribution is 1.39. The molecule has 0 N–H and O–H groups in total. The molecule has 3 heteroatoms. The van der Waals surface area contributed by atoms with E-state index >= 15 is 0 Å². The van der Waals surface area contributed by atoms with Crippen molar-refractivity contribution in [1.82, 2.24) is 4.98 Å². The van der Waals surface area contributed by atoms with E-state index in [9.17, 15) is 0 Å². The maximum atomic E-state index is 6.30. The predicted molar refractivity (Wildman–Crippen MR) is 79.9 cm³/mol. The molecule has 1 aromatic heterocycles. The van der Waals surface area contributed by atoms with Crippen molar-refractivity contribution in [2.24, 2.45) is 0 Å². The molecule has 0 bridgehead atoms. The Hall–Kier alpha value is -1.38. The summed E-state index contributed by atoms with van der Waals surface area (Å²) in [6.45, 7) is 0. The summed E-state index contributed by atoms with van der Waals surface area (Å²) >= 11 is 9.70. The molecule has 0 saturated carbocycles. The fourth-order valence-corrected chi connectivity index (χ4v) is 2.53. The first-order valence-corrected chi connectivity index (χ1v) is 6.72. The summed E-state index contributed by atoms with van der Waals surface area (Å²) < 4.78 is 0.821. The molecule has 0 radical (unpaired) electrons. The summed E-state index contributed by atoms with van der Waals surface area (Å²) in [5, 5.41) is 1.67. The Labute approximate surface area is 119 Å². The highest BCUT2D eigenvalue weighted by Crippen LogP contribution is 2.34. The van der Waals surface area contributed by atoms with E-state index in [1.807, 2.05) is 30.3 Å². The number of pyridine rings is 1. The maximum Gasteiger partial charge on any atom is 0.0796 e. The van der Waals surface area contributed by atoms with Crippen molar-refractivity contribution in [3.05, 3.63) is 64.2 Å². The zero-order chi connectivity index (χ0) is 12.5. The van der Waals surface area contributed by atoms with Crippen molar-refractivity contribution in [3.8, 4) is 11.1 Å². The van der Waals surface area contributed by atoms with Gasteiger partial charge in [-0.3, -0.25) is 4.98 Å². The van der Waals surface area contributed by atoms with Crippen LogP contribution in [0.15, 0.2) is 59.2 Å². The number of halogens is 2. The topological polar surface area (TPSA) is 12.9 Å². The molecule has 88 valence electrons. The molecule has 1 nitrogen and oxygen atoms in total. The number of para-hydroxylation sites is 1. The highest BCUT2D eigenvalue weighted by molar-refractivity contribution is 9.10. The van der Waals surface area contributed by atoms with Gasteiger partial charge >= 0.3 is 0 Å². The van der Waals surface area contributed by atoms with E-state index in [1.165, 1.54) is 0 Å². The molecule has 0 unspecified atom stereocenters. The molecule has 0 spiro atoms. The lowest BCUT2D eigenvalue weighted by Gasteiger charge is -2.08. The standard InChI is InChI=1S/C15H9BrClN/c16-13-9-18-15-11(10-5-2-1-3-6-10)7-4-8-12(15)14(13)17/h1-9H. The van der Waals surface area contributed by atoms with E-state index in [4.69, 9.17) is 11.6 Å². The number of hydrogen-bond donors (Lipinski definition) is 0. The first-order valence-electron chi connectivity index (χ1n) is 5.55. The highest BCUT2D eigenvalue weighted by atomic mass is 79.9. The molecule has 0 aliphatic rings. The molecule has 3 rings (SSSR count). The monoisotopic (exact) mass is 317 g/mol. The van der Waals surface area contributed by atoms with Crippen LogP contribution in [0.2, 0.25) is 5.02 Å². The van der Waals surface area contributed by atoms with E-state index < -0.39 is 0 Å². The van der Waals surface area contributed by atoms with Gasteiger partial charge in [-0.15, -0.1) is 0 Å². The van der Waals surface area contributed by atoms with Crippen LogP contribution in [-0.2, 0) is 0 Å². The summed E-state index contributed by atoms with van der Waals surface area (Å²) in [4.78, 5) is 4.49. The Morgan fingerprint density at radius 2 is 1.72 bits per heavy atom. The van der Waals surface area contributed by atoms with Gasteiger partial charge in [-0.1, -0.05) is 60.1 Å². The Morgan fingerprint density at radius 3 is 2.50 bits per heavy atom. The fraction of sp³-hybridized carbons (Fsp3) is 0. The number of benzene rings is 2. The lowest BCUT2D eigenvalue weighted by Crippen LogP contribution is -1.86. The summed E-state index contributed by atoms with van der Waals surface area (Å²) in [6.07, 6.45) is 1.75. The van der Waals surface area contributed by atoms with Crippen molar-refractivity contribution in [3.63, 3.8) is 0 Å². The average molecular weight is 319 g/mol. The van der Waals surface area contributed by atoms with Crippen LogP contribution >= 0.6 is 27.5 Å². The van der Waals surface area contributed by atoms with Gasteiger partial charge in [-0.05, 0) is 21.5 Å². The van der Waals surface area contributed by atoms with Gasteiger partial charge in [0.05, 0.1) is 15.0 Å². The van der Waals surface area contributed by atoms with Crippen LogP contribution in [-0.4, -0.2) is 4.98 Å². The number of nitrogens with zero attached hydrogens (tertiary/aromatic N) is 1. The molecule has 3 aromatic rings. The summed E-state index contributed by atoms with van der Waals surface area (Å²) in [7, 11) is 0. The lowest BCUT2D eigenvalue weighted by atomic mass is 10.0. The van der Waals surface area contributed by atoms with Gasteiger partial charge in [0.1, 0.15) is 0 Å². The third kappa shape index (κ3) is 1.92. The second kappa shape index (κ2) is 4.71. The number of fused-ring (bicyclic) bond motifs is 1. The molecular formula is C15H9BrClN. The molecule has 0 aliphatic heterocycles. The Kier molecular flexibility index (Phi) is 3.06. The van der Waals surface area contributed by atoms with Crippen LogP contribution in [0.3, 0.4) is 0 Å². The van der Waals surface area contributed by atoms with Gasteiger partial charge in [0.15, 0.2) is 0 Å². The first kappa shape index (κ1) is 11.7. The Balaban J connectivity index is 2.35. The Morgan fingerprint density at radius 1 is 0.944 bits per heavy atom. The van der Waals surface area contributed by atoms with E-state index in [0.29, 0.717) is 5.02 Å². The van der Waals surface area contributed by atoms with Crippen molar-refractivity contribution in [1.29, 1.82) is 0 Å². The smallest absolute Gasteiger partial charge is 0.0796 e. The predicted octanol–water partition coefficient (Wildman–Crippen LogP) is 5.32. The van der Waals surface area contributed by atoms with E-state index in [0.717, 1.165) is 26.5 Å². The fourth-order valence-electron chi connectivity index (χ4n) is 2.02. The third-order valence-corrected chi connectivity index (χ3v) is 4.11. The molecule has 0 fully saturated rings. The van der Waals surface area contributed by atoms with Crippen LogP contribution in [0.4, 0.5) is 0 Å². The minimum absolute atomic E-state index is 0.706. The molecule has 2 aromatic carbocycles. The van der Waals surface area contributed by atoms with Crippen LogP contribution in [0.1, 0.15) is 0 Å². The van der Waals surface area contributed by atoms with Crippen LogP contribution in [0, 0.1) is 0 Å². The molecule has 0 amide bonds. The molecular weight excluding hydrogens is 310 g/mol. The summed E-state index contributed by atoms with van der Waals surface area (Å²) in [5.74, 6) is 0. The van der Waals surface area contributed by atoms with E-state index in [1.54, 1.807) is 6.20 Å². The van der Waals surface area contributed by atoms with Gasteiger partial charge in [-0.25, -0.2) is 0 Å². The number of rotatable bonds is 1. The largest absolute Gasteiger partial charge is 0.254 e. The van der Waals surface area contributed by atoms with Crippen LogP contribution in [0.25, 0.3) is 22.0 Å². The number of hydrogen-bond acceptors (Lipinski definition) is 1. The first-order chi connectivity index (χ1) is 8.77. The quantitative estimate of drug-likeness (QED) is 0.592. The van der Waals surface area contributed by atoms with Crippen LogP contribution in [0.5, 0.6) is 0 Å². The molecule has 0 aliphatic carbocycles. The SMILES string of the molecule is Clc1c(Br)cnc2c(-c3ccccc3)cccc12. The molecule has 1 heterocycles. The van der Waals surface area contributed by atoms with Gasteiger partial charge in [0, 0.05) is 17.1 Å². The van der Waals surface area contributed by atoms with E-state index in [2.05, 4.69) is 39.1 Å². The van der Waals surface area contributed by atoms with Gasteiger partial charge in [-0.2, -0.15) is 0 Å². The van der Waals surface area contributed by atoms with E-state index in [-0.39, 0.29) is 0 Å². The average Bonchev–Trinajstić information content (AvgIpc) is 2.43. The van der Waals surface area contributed by atoms with Crippen molar-refractivity contribution >= 4 is 38.4 Å². The van der Waals surface area contributed by atoms with Crippen molar-refractivity contribution in [2.45, 2.75) is 0 Å². The zero-order valence-corrected chi connectivity index (χ0v) is 11.7. The maximum absolute atomic E-state index is 6.30. The summed E-state index contributed by atoms with van der Waals surface area (Å²) in [6, 6.07) is 16.3. The molecule has 18 heavy (non-hydrogen) atoms.